The zero-order chi connectivity index (χ0) is 13.1. The standard InChI is InChI=1S/C10H18BrN3O2S/c1-4-9-12-6-10(13-9)17(15,16)14-8(5-11)7(2)3/h6-8,14H,4-5H2,1-3H3,(H,12,13). The summed E-state index contributed by atoms with van der Waals surface area (Å²) < 4.78 is 26.7. The van der Waals surface area contributed by atoms with Gasteiger partial charge in [-0.2, -0.15) is 0 Å². The second kappa shape index (κ2) is 5.97. The predicted molar refractivity (Wildman–Crippen MR) is 70.7 cm³/mol. The SMILES string of the molecule is CCc1ncc(S(=O)(=O)NC(CBr)C(C)C)[nH]1. The fourth-order valence-corrected chi connectivity index (χ4v) is 3.72. The number of alkyl halides is 1. The summed E-state index contributed by atoms with van der Waals surface area (Å²) in [5.74, 6) is 0.892. The first-order valence-electron chi connectivity index (χ1n) is 5.52. The van der Waals surface area contributed by atoms with E-state index in [0.29, 0.717) is 17.6 Å². The Morgan fingerprint density at radius 2 is 2.18 bits per heavy atom. The van der Waals surface area contributed by atoms with Crippen molar-refractivity contribution in [1.29, 1.82) is 0 Å². The van der Waals surface area contributed by atoms with Crippen molar-refractivity contribution < 1.29 is 8.42 Å². The highest BCUT2D eigenvalue weighted by molar-refractivity contribution is 9.09. The van der Waals surface area contributed by atoms with Gasteiger partial charge in [0, 0.05) is 17.8 Å². The number of aromatic amines is 1. The summed E-state index contributed by atoms with van der Waals surface area (Å²) in [5, 5.41) is 0.708. The van der Waals surface area contributed by atoms with Crippen LogP contribution in [0.5, 0.6) is 0 Å². The quantitative estimate of drug-likeness (QED) is 0.782. The summed E-state index contributed by atoms with van der Waals surface area (Å²) in [4.78, 5) is 6.79. The van der Waals surface area contributed by atoms with Gasteiger partial charge in [0.2, 0.25) is 0 Å². The number of imidazole rings is 1. The average Bonchev–Trinajstić information content (AvgIpc) is 2.74. The molecule has 0 fully saturated rings. The van der Waals surface area contributed by atoms with Crippen molar-refractivity contribution in [2.24, 2.45) is 5.92 Å². The Hall–Kier alpha value is -0.400. The van der Waals surface area contributed by atoms with Gasteiger partial charge < -0.3 is 4.98 Å². The molecule has 5 nitrogen and oxygen atoms in total. The highest BCUT2D eigenvalue weighted by atomic mass is 79.9. The zero-order valence-corrected chi connectivity index (χ0v) is 12.6. The molecule has 0 aliphatic heterocycles. The van der Waals surface area contributed by atoms with Gasteiger partial charge in [-0.25, -0.2) is 18.1 Å². The third-order valence-electron chi connectivity index (χ3n) is 2.51. The smallest absolute Gasteiger partial charge is 0.257 e. The molecule has 0 aliphatic rings. The minimum atomic E-state index is -3.50. The van der Waals surface area contributed by atoms with Crippen molar-refractivity contribution in [3.05, 3.63) is 12.0 Å². The molecule has 17 heavy (non-hydrogen) atoms. The molecule has 0 saturated heterocycles. The summed E-state index contributed by atoms with van der Waals surface area (Å²) in [6, 6.07) is -0.131. The lowest BCUT2D eigenvalue weighted by Gasteiger charge is -2.19. The van der Waals surface area contributed by atoms with Gasteiger partial charge in [-0.05, 0) is 5.92 Å². The maximum atomic E-state index is 12.0. The second-order valence-corrected chi connectivity index (χ2v) is 6.50. The normalized spacial score (nSPS) is 14.2. The maximum absolute atomic E-state index is 12.0. The molecule has 0 amide bonds. The van der Waals surface area contributed by atoms with Gasteiger partial charge in [-0.3, -0.25) is 0 Å². The molecule has 1 aromatic rings. The van der Waals surface area contributed by atoms with E-state index < -0.39 is 10.0 Å². The highest BCUT2D eigenvalue weighted by Gasteiger charge is 2.23. The number of nitrogens with one attached hydrogen (secondary N) is 2. The number of aromatic nitrogens is 2. The van der Waals surface area contributed by atoms with E-state index in [2.05, 4.69) is 30.6 Å². The summed E-state index contributed by atoms with van der Waals surface area (Å²) in [5.41, 5.74) is 0. The Morgan fingerprint density at radius 1 is 1.53 bits per heavy atom. The Balaban J connectivity index is 2.88. The molecule has 0 saturated carbocycles. The first kappa shape index (κ1) is 14.7. The Morgan fingerprint density at radius 3 is 2.59 bits per heavy atom. The van der Waals surface area contributed by atoms with E-state index in [4.69, 9.17) is 0 Å². The second-order valence-electron chi connectivity index (χ2n) is 4.17. The van der Waals surface area contributed by atoms with Crippen LogP contribution in [0.25, 0.3) is 0 Å². The lowest BCUT2D eigenvalue weighted by atomic mass is 10.1. The van der Waals surface area contributed by atoms with E-state index in [1.54, 1.807) is 0 Å². The lowest BCUT2D eigenvalue weighted by Crippen LogP contribution is -2.39. The number of H-pyrrole nitrogens is 1. The number of halogens is 1. The minimum absolute atomic E-state index is 0.126. The zero-order valence-electron chi connectivity index (χ0n) is 10.2. The van der Waals surface area contributed by atoms with Crippen LogP contribution < -0.4 is 4.72 Å². The number of hydrogen-bond acceptors (Lipinski definition) is 3. The molecule has 2 N–H and O–H groups in total. The summed E-state index contributed by atoms with van der Waals surface area (Å²) in [6.45, 7) is 5.86. The van der Waals surface area contributed by atoms with Crippen molar-refractivity contribution in [3.8, 4) is 0 Å². The molecule has 0 bridgehead atoms. The predicted octanol–water partition coefficient (Wildman–Crippen LogP) is 1.67. The monoisotopic (exact) mass is 323 g/mol. The van der Waals surface area contributed by atoms with Gasteiger partial charge in [0.1, 0.15) is 5.82 Å². The maximum Gasteiger partial charge on any atom is 0.257 e. The molecular formula is C10H18BrN3O2S. The number of aryl methyl sites for hydroxylation is 1. The van der Waals surface area contributed by atoms with Crippen LogP contribution in [0.3, 0.4) is 0 Å². The Bertz CT molecular complexity index is 456. The summed E-state index contributed by atoms with van der Waals surface area (Å²) in [6.07, 6.45) is 2.04. The molecule has 1 aromatic heterocycles. The van der Waals surface area contributed by atoms with Crippen molar-refractivity contribution >= 4 is 26.0 Å². The topological polar surface area (TPSA) is 74.8 Å². The van der Waals surface area contributed by atoms with Gasteiger partial charge in [0.05, 0.1) is 6.20 Å². The van der Waals surface area contributed by atoms with E-state index in [9.17, 15) is 8.42 Å². The van der Waals surface area contributed by atoms with Crippen LogP contribution in [0.4, 0.5) is 0 Å². The van der Waals surface area contributed by atoms with E-state index in [1.807, 2.05) is 20.8 Å². The summed E-state index contributed by atoms with van der Waals surface area (Å²) in [7, 11) is -3.50. The van der Waals surface area contributed by atoms with Crippen molar-refractivity contribution in [2.45, 2.75) is 38.3 Å². The Kier molecular flexibility index (Phi) is 5.15. The van der Waals surface area contributed by atoms with Crippen molar-refractivity contribution in [3.63, 3.8) is 0 Å². The van der Waals surface area contributed by atoms with Gasteiger partial charge >= 0.3 is 0 Å². The largest absolute Gasteiger partial charge is 0.332 e. The summed E-state index contributed by atoms with van der Waals surface area (Å²) >= 11 is 3.31. The highest BCUT2D eigenvalue weighted by Crippen LogP contribution is 2.11. The third kappa shape index (κ3) is 3.79. The van der Waals surface area contributed by atoms with Crippen LogP contribution in [0.15, 0.2) is 11.2 Å². The van der Waals surface area contributed by atoms with Crippen molar-refractivity contribution in [1.82, 2.24) is 14.7 Å². The van der Waals surface area contributed by atoms with Crippen LogP contribution in [0.2, 0.25) is 0 Å². The molecule has 0 radical (unpaired) electrons. The molecule has 1 heterocycles. The van der Waals surface area contributed by atoms with E-state index in [-0.39, 0.29) is 17.0 Å². The van der Waals surface area contributed by atoms with Gasteiger partial charge in [-0.15, -0.1) is 0 Å². The molecule has 7 heteroatoms. The molecule has 1 rings (SSSR count). The van der Waals surface area contributed by atoms with Crippen molar-refractivity contribution in [2.75, 3.05) is 5.33 Å². The minimum Gasteiger partial charge on any atom is -0.332 e. The molecule has 1 atom stereocenters. The van der Waals surface area contributed by atoms with Crippen LogP contribution in [-0.2, 0) is 16.4 Å². The van der Waals surface area contributed by atoms with Gasteiger partial charge in [0.15, 0.2) is 5.03 Å². The fraction of sp³-hybridized carbons (Fsp3) is 0.700. The van der Waals surface area contributed by atoms with Crippen LogP contribution in [0, 0.1) is 5.92 Å². The first-order valence-corrected chi connectivity index (χ1v) is 8.13. The first-order chi connectivity index (χ1) is 7.90. The van der Waals surface area contributed by atoms with Crippen LogP contribution in [0.1, 0.15) is 26.6 Å². The fourth-order valence-electron chi connectivity index (χ4n) is 1.27. The Labute approximate surface area is 111 Å². The molecule has 0 aliphatic carbocycles. The van der Waals surface area contributed by atoms with Crippen LogP contribution >= 0.6 is 15.9 Å². The van der Waals surface area contributed by atoms with E-state index in [0.717, 1.165) is 0 Å². The molecular weight excluding hydrogens is 306 g/mol. The lowest BCUT2D eigenvalue weighted by molar-refractivity contribution is 0.482. The van der Waals surface area contributed by atoms with Gasteiger partial charge in [-0.1, -0.05) is 36.7 Å². The molecule has 0 aromatic carbocycles. The number of nitrogens with zero attached hydrogens (tertiary/aromatic N) is 1. The molecule has 98 valence electrons. The molecule has 0 spiro atoms. The average molecular weight is 324 g/mol. The molecule has 1 unspecified atom stereocenters. The van der Waals surface area contributed by atoms with Gasteiger partial charge in [0.25, 0.3) is 10.0 Å². The number of sulfonamides is 1. The van der Waals surface area contributed by atoms with Crippen LogP contribution in [-0.4, -0.2) is 29.8 Å². The van der Waals surface area contributed by atoms with E-state index >= 15 is 0 Å². The number of hydrogen-bond donors (Lipinski definition) is 2. The van der Waals surface area contributed by atoms with E-state index in [1.165, 1.54) is 6.20 Å². The third-order valence-corrected chi connectivity index (χ3v) is 4.60. The number of rotatable bonds is 6.